The maximum absolute atomic E-state index is 13.2. The number of carbonyl (C=O) groups is 2. The number of fused-ring (bicyclic) bond motifs is 1. The highest BCUT2D eigenvalue weighted by Gasteiger charge is 2.37. The Hall–Kier alpha value is -1.88. The average molecular weight is 343 g/mol. The smallest absolute Gasteiger partial charge is 0.245 e. The van der Waals surface area contributed by atoms with Crippen LogP contribution in [0.1, 0.15) is 31.4 Å². The van der Waals surface area contributed by atoms with Crippen molar-refractivity contribution < 1.29 is 9.59 Å². The third kappa shape index (κ3) is 4.03. The first kappa shape index (κ1) is 17.9. The largest absolute Gasteiger partial charge is 0.338 e. The first-order valence-corrected chi connectivity index (χ1v) is 9.29. The van der Waals surface area contributed by atoms with Crippen molar-refractivity contribution in [1.82, 2.24) is 14.7 Å². The number of piperazine rings is 1. The van der Waals surface area contributed by atoms with E-state index in [1.54, 1.807) is 0 Å². The summed E-state index contributed by atoms with van der Waals surface area (Å²) in [4.78, 5) is 32.0. The molecule has 1 aromatic carbocycles. The van der Waals surface area contributed by atoms with Gasteiger partial charge in [0.25, 0.3) is 0 Å². The number of rotatable bonds is 3. The van der Waals surface area contributed by atoms with Crippen molar-refractivity contribution in [1.29, 1.82) is 0 Å². The minimum atomic E-state index is -0.357. The maximum Gasteiger partial charge on any atom is 0.245 e. The Balaban J connectivity index is 1.82. The molecule has 1 aromatic rings. The lowest BCUT2D eigenvalue weighted by Gasteiger charge is -2.41. The van der Waals surface area contributed by atoms with E-state index in [9.17, 15) is 9.59 Å². The van der Waals surface area contributed by atoms with Gasteiger partial charge in [-0.1, -0.05) is 38.1 Å². The van der Waals surface area contributed by atoms with Gasteiger partial charge in [-0.2, -0.15) is 0 Å². The third-order valence-corrected chi connectivity index (χ3v) is 5.25. The summed E-state index contributed by atoms with van der Waals surface area (Å²) >= 11 is 0. The second-order valence-corrected chi connectivity index (χ2v) is 7.74. The van der Waals surface area contributed by atoms with Gasteiger partial charge in [-0.05, 0) is 24.1 Å². The molecular formula is C20H29N3O2. The zero-order valence-electron chi connectivity index (χ0n) is 15.6. The normalized spacial score (nSPS) is 21.4. The van der Waals surface area contributed by atoms with E-state index in [-0.39, 0.29) is 17.9 Å². The molecule has 0 aliphatic carbocycles. The van der Waals surface area contributed by atoms with Crippen molar-refractivity contribution in [3.05, 3.63) is 35.4 Å². The quantitative estimate of drug-likeness (QED) is 0.840. The van der Waals surface area contributed by atoms with Crippen LogP contribution in [0.15, 0.2) is 24.3 Å². The van der Waals surface area contributed by atoms with Gasteiger partial charge in [-0.15, -0.1) is 0 Å². The Morgan fingerprint density at radius 1 is 1.08 bits per heavy atom. The Morgan fingerprint density at radius 2 is 1.72 bits per heavy atom. The molecule has 0 bridgehead atoms. The number of amides is 2. The molecule has 2 amide bonds. The Bertz CT molecular complexity index is 636. The highest BCUT2D eigenvalue weighted by atomic mass is 16.2. The van der Waals surface area contributed by atoms with Crippen molar-refractivity contribution in [2.75, 3.05) is 33.2 Å². The van der Waals surface area contributed by atoms with Crippen molar-refractivity contribution in [3.8, 4) is 0 Å². The number of likely N-dealkylation sites (N-methyl/N-ethyl adjacent to an activating group) is 1. The van der Waals surface area contributed by atoms with Gasteiger partial charge in [0.2, 0.25) is 11.8 Å². The molecule has 5 nitrogen and oxygen atoms in total. The minimum Gasteiger partial charge on any atom is -0.338 e. The number of hydrogen-bond acceptors (Lipinski definition) is 3. The molecule has 0 radical (unpaired) electrons. The SMILES string of the molecule is CC(C)CC(=O)N1Cc2ccccc2CC1C(=O)N1CCN(C)CC1. The zero-order chi connectivity index (χ0) is 18.0. The van der Waals surface area contributed by atoms with E-state index in [0.717, 1.165) is 26.2 Å². The predicted molar refractivity (Wildman–Crippen MR) is 98.0 cm³/mol. The molecule has 0 aromatic heterocycles. The summed E-state index contributed by atoms with van der Waals surface area (Å²) in [5.41, 5.74) is 2.37. The summed E-state index contributed by atoms with van der Waals surface area (Å²) < 4.78 is 0. The van der Waals surface area contributed by atoms with Gasteiger partial charge in [0, 0.05) is 45.6 Å². The topological polar surface area (TPSA) is 43.9 Å². The molecular weight excluding hydrogens is 314 g/mol. The van der Waals surface area contributed by atoms with Gasteiger partial charge in [-0.25, -0.2) is 0 Å². The Morgan fingerprint density at radius 3 is 2.36 bits per heavy atom. The summed E-state index contributed by atoms with van der Waals surface area (Å²) in [6.45, 7) is 7.94. The van der Waals surface area contributed by atoms with Gasteiger partial charge in [0.05, 0.1) is 0 Å². The van der Waals surface area contributed by atoms with Gasteiger partial charge in [0.1, 0.15) is 6.04 Å². The minimum absolute atomic E-state index is 0.0944. The van der Waals surface area contributed by atoms with E-state index in [4.69, 9.17) is 0 Å². The molecule has 3 rings (SSSR count). The van der Waals surface area contributed by atoms with E-state index in [0.29, 0.717) is 25.3 Å². The molecule has 25 heavy (non-hydrogen) atoms. The summed E-state index contributed by atoms with van der Waals surface area (Å²) in [5.74, 6) is 0.501. The second-order valence-electron chi connectivity index (χ2n) is 7.74. The van der Waals surface area contributed by atoms with Crippen molar-refractivity contribution in [3.63, 3.8) is 0 Å². The number of carbonyl (C=O) groups excluding carboxylic acids is 2. The Labute approximate surface area is 150 Å². The van der Waals surface area contributed by atoms with Crippen LogP contribution in [0, 0.1) is 5.92 Å². The highest BCUT2D eigenvalue weighted by Crippen LogP contribution is 2.26. The highest BCUT2D eigenvalue weighted by molar-refractivity contribution is 5.88. The second kappa shape index (κ2) is 7.56. The third-order valence-electron chi connectivity index (χ3n) is 5.25. The van der Waals surface area contributed by atoms with Crippen LogP contribution >= 0.6 is 0 Å². The molecule has 0 saturated carbocycles. The lowest BCUT2D eigenvalue weighted by molar-refractivity contribution is -0.148. The van der Waals surface area contributed by atoms with Gasteiger partial charge >= 0.3 is 0 Å². The van der Waals surface area contributed by atoms with Gasteiger partial charge < -0.3 is 14.7 Å². The lowest BCUT2D eigenvalue weighted by atomic mass is 9.92. The summed E-state index contributed by atoms with van der Waals surface area (Å²) in [5, 5.41) is 0. The zero-order valence-corrected chi connectivity index (χ0v) is 15.6. The Kier molecular flexibility index (Phi) is 5.42. The monoisotopic (exact) mass is 343 g/mol. The summed E-state index contributed by atoms with van der Waals surface area (Å²) in [7, 11) is 2.08. The fourth-order valence-electron chi connectivity index (χ4n) is 3.71. The molecule has 136 valence electrons. The van der Waals surface area contributed by atoms with Crippen LogP contribution in [0.2, 0.25) is 0 Å². The van der Waals surface area contributed by atoms with E-state index >= 15 is 0 Å². The van der Waals surface area contributed by atoms with Gasteiger partial charge in [0.15, 0.2) is 0 Å². The van der Waals surface area contributed by atoms with Crippen LogP contribution in [0.4, 0.5) is 0 Å². The van der Waals surface area contributed by atoms with E-state index < -0.39 is 0 Å². The van der Waals surface area contributed by atoms with Crippen LogP contribution < -0.4 is 0 Å². The van der Waals surface area contributed by atoms with Crippen LogP contribution in [-0.4, -0.2) is 65.8 Å². The molecule has 1 fully saturated rings. The van der Waals surface area contributed by atoms with Crippen LogP contribution in [0.5, 0.6) is 0 Å². The number of benzene rings is 1. The molecule has 1 unspecified atom stereocenters. The van der Waals surface area contributed by atoms with E-state index in [2.05, 4.69) is 24.1 Å². The van der Waals surface area contributed by atoms with Crippen LogP contribution in [0.25, 0.3) is 0 Å². The summed E-state index contributed by atoms with van der Waals surface area (Å²) in [6.07, 6.45) is 1.12. The fraction of sp³-hybridized carbons (Fsp3) is 0.600. The van der Waals surface area contributed by atoms with Crippen LogP contribution in [-0.2, 0) is 22.6 Å². The van der Waals surface area contributed by atoms with Crippen LogP contribution in [0.3, 0.4) is 0 Å². The molecule has 2 heterocycles. The van der Waals surface area contributed by atoms with Crippen molar-refractivity contribution in [2.45, 2.75) is 39.3 Å². The molecule has 2 aliphatic rings. The molecule has 2 aliphatic heterocycles. The first-order valence-electron chi connectivity index (χ1n) is 9.29. The molecule has 5 heteroatoms. The molecule has 1 atom stereocenters. The number of hydrogen-bond donors (Lipinski definition) is 0. The van der Waals surface area contributed by atoms with Crippen molar-refractivity contribution in [2.24, 2.45) is 5.92 Å². The van der Waals surface area contributed by atoms with Gasteiger partial charge in [-0.3, -0.25) is 9.59 Å². The average Bonchev–Trinajstić information content (AvgIpc) is 2.60. The standard InChI is InChI=1S/C20H29N3O2/c1-15(2)12-19(24)23-14-17-7-5-4-6-16(17)13-18(23)20(25)22-10-8-21(3)9-11-22/h4-7,15,18H,8-14H2,1-3H3. The predicted octanol–water partition coefficient (Wildman–Crippen LogP) is 1.76. The van der Waals surface area contributed by atoms with E-state index in [1.165, 1.54) is 11.1 Å². The lowest BCUT2D eigenvalue weighted by Crippen LogP contribution is -2.57. The molecule has 1 saturated heterocycles. The summed E-state index contributed by atoms with van der Waals surface area (Å²) in [6, 6.07) is 7.82. The molecule has 0 N–H and O–H groups in total. The maximum atomic E-state index is 13.2. The first-order chi connectivity index (χ1) is 12.0. The fourth-order valence-corrected chi connectivity index (χ4v) is 3.71. The molecule has 0 spiro atoms. The van der Waals surface area contributed by atoms with E-state index in [1.807, 2.05) is 35.8 Å². The van der Waals surface area contributed by atoms with Crippen molar-refractivity contribution >= 4 is 11.8 Å². The number of nitrogens with zero attached hydrogens (tertiary/aromatic N) is 3.